The van der Waals surface area contributed by atoms with E-state index in [0.717, 1.165) is 5.65 Å². The van der Waals surface area contributed by atoms with Crippen LogP contribution < -0.4 is 5.32 Å². The Morgan fingerprint density at radius 2 is 2.04 bits per heavy atom. The van der Waals surface area contributed by atoms with E-state index in [2.05, 4.69) is 10.3 Å². The van der Waals surface area contributed by atoms with Crippen LogP contribution in [-0.2, 0) is 16.1 Å². The number of hydrogen-bond acceptors (Lipinski definition) is 4. The molecule has 0 saturated carbocycles. The number of pyridine rings is 1. The van der Waals surface area contributed by atoms with Crippen LogP contribution in [0.2, 0.25) is 10.0 Å². The third-order valence-electron chi connectivity index (χ3n) is 3.36. The number of hydrogen-bond donors (Lipinski definition) is 1. The molecule has 0 spiro atoms. The van der Waals surface area contributed by atoms with Crippen molar-refractivity contribution in [3.63, 3.8) is 0 Å². The number of carbonyl (C=O) groups is 2. The molecule has 0 aliphatic rings. The lowest BCUT2D eigenvalue weighted by atomic mass is 10.2. The Bertz CT molecular complexity index is 907. The molecule has 0 aliphatic heterocycles. The zero-order valence-electron chi connectivity index (χ0n) is 12.9. The van der Waals surface area contributed by atoms with Crippen LogP contribution in [0.4, 0.5) is 0 Å². The van der Waals surface area contributed by atoms with E-state index in [0.29, 0.717) is 10.7 Å². The largest absolute Gasteiger partial charge is 0.458 e. The topological polar surface area (TPSA) is 72.7 Å². The number of carbonyl (C=O) groups excluding carboxylic acids is 2. The molecule has 0 radical (unpaired) electrons. The lowest BCUT2D eigenvalue weighted by molar-refractivity contribution is -0.143. The van der Waals surface area contributed by atoms with Gasteiger partial charge in [0.1, 0.15) is 18.8 Å². The van der Waals surface area contributed by atoms with E-state index in [9.17, 15) is 9.59 Å². The van der Waals surface area contributed by atoms with Gasteiger partial charge in [0, 0.05) is 17.4 Å². The number of benzene rings is 1. The number of aromatic nitrogens is 2. The highest BCUT2D eigenvalue weighted by Crippen LogP contribution is 2.20. The number of imidazole rings is 1. The Kier molecular flexibility index (Phi) is 5.21. The van der Waals surface area contributed by atoms with Gasteiger partial charge in [0.15, 0.2) is 0 Å². The number of halogens is 2. The first-order valence-corrected chi connectivity index (χ1v) is 8.10. The highest BCUT2D eigenvalue weighted by molar-refractivity contribution is 6.36. The van der Waals surface area contributed by atoms with E-state index in [1.807, 2.05) is 28.8 Å². The number of amides is 1. The average molecular weight is 378 g/mol. The van der Waals surface area contributed by atoms with Gasteiger partial charge in [-0.3, -0.25) is 9.59 Å². The minimum absolute atomic E-state index is 0.0259. The molecule has 25 heavy (non-hydrogen) atoms. The molecule has 6 nitrogen and oxygen atoms in total. The molecule has 2 aromatic heterocycles. The van der Waals surface area contributed by atoms with Crippen LogP contribution in [0, 0.1) is 0 Å². The lowest BCUT2D eigenvalue weighted by Gasteiger charge is -2.07. The van der Waals surface area contributed by atoms with Crippen molar-refractivity contribution in [2.45, 2.75) is 6.61 Å². The molecule has 2 heterocycles. The Labute approximate surface area is 153 Å². The van der Waals surface area contributed by atoms with Crippen molar-refractivity contribution < 1.29 is 14.3 Å². The first-order chi connectivity index (χ1) is 12.0. The average Bonchev–Trinajstić information content (AvgIpc) is 3.01. The normalized spacial score (nSPS) is 10.6. The lowest BCUT2D eigenvalue weighted by Crippen LogP contribution is -2.30. The number of nitrogens with zero attached hydrogens (tertiary/aromatic N) is 2. The molecular formula is C17H13Cl2N3O3. The van der Waals surface area contributed by atoms with E-state index >= 15 is 0 Å². The highest BCUT2D eigenvalue weighted by Gasteiger charge is 2.13. The predicted octanol–water partition coefficient (Wildman–Crippen LogP) is 3.11. The first kappa shape index (κ1) is 17.3. The van der Waals surface area contributed by atoms with Crippen LogP contribution in [0.5, 0.6) is 0 Å². The van der Waals surface area contributed by atoms with Gasteiger partial charge in [-0.15, -0.1) is 0 Å². The fourth-order valence-corrected chi connectivity index (χ4v) is 2.68. The Hall–Kier alpha value is -2.57. The summed E-state index contributed by atoms with van der Waals surface area (Å²) >= 11 is 11.7. The summed E-state index contributed by atoms with van der Waals surface area (Å²) in [5.41, 5.74) is 1.62. The summed E-state index contributed by atoms with van der Waals surface area (Å²) in [4.78, 5) is 28.1. The van der Waals surface area contributed by atoms with Gasteiger partial charge < -0.3 is 14.5 Å². The minimum Gasteiger partial charge on any atom is -0.458 e. The molecule has 3 rings (SSSR count). The van der Waals surface area contributed by atoms with Gasteiger partial charge >= 0.3 is 5.97 Å². The number of nitrogens with one attached hydrogen (secondary N) is 1. The van der Waals surface area contributed by atoms with Crippen LogP contribution >= 0.6 is 23.2 Å². The van der Waals surface area contributed by atoms with E-state index in [4.69, 9.17) is 27.9 Å². The summed E-state index contributed by atoms with van der Waals surface area (Å²) in [6, 6.07) is 10.1. The zero-order chi connectivity index (χ0) is 17.8. The van der Waals surface area contributed by atoms with Crippen molar-refractivity contribution in [3.05, 3.63) is 70.1 Å². The predicted molar refractivity (Wildman–Crippen MR) is 93.8 cm³/mol. The van der Waals surface area contributed by atoms with Gasteiger partial charge in [-0.25, -0.2) is 4.98 Å². The van der Waals surface area contributed by atoms with Crippen molar-refractivity contribution in [1.29, 1.82) is 0 Å². The first-order valence-electron chi connectivity index (χ1n) is 7.34. The summed E-state index contributed by atoms with van der Waals surface area (Å²) in [5.74, 6) is -1.05. The number of rotatable bonds is 5. The maximum absolute atomic E-state index is 12.0. The summed E-state index contributed by atoms with van der Waals surface area (Å²) in [6.07, 6.45) is 3.62. The van der Waals surface area contributed by atoms with Crippen LogP contribution in [0.15, 0.2) is 48.8 Å². The van der Waals surface area contributed by atoms with Crippen molar-refractivity contribution in [2.75, 3.05) is 6.54 Å². The molecule has 0 saturated heterocycles. The number of ether oxygens (including phenoxy) is 1. The van der Waals surface area contributed by atoms with E-state index in [1.54, 1.807) is 12.3 Å². The molecule has 128 valence electrons. The Balaban J connectivity index is 1.51. The standard InChI is InChI=1S/C17H13Cl2N3O3/c18-11-4-5-13(14(19)7-11)17(24)20-8-16(23)25-10-12-9-22-6-2-1-3-15(22)21-12/h1-7,9H,8,10H2,(H,20,24). The van der Waals surface area contributed by atoms with Crippen LogP contribution in [0.3, 0.4) is 0 Å². The molecule has 0 unspecified atom stereocenters. The SMILES string of the molecule is O=C(CNC(=O)c1ccc(Cl)cc1Cl)OCc1cn2ccccc2n1. The molecule has 0 atom stereocenters. The summed E-state index contributed by atoms with van der Waals surface area (Å²) in [6.45, 7) is -0.247. The highest BCUT2D eigenvalue weighted by atomic mass is 35.5. The monoisotopic (exact) mass is 377 g/mol. The maximum Gasteiger partial charge on any atom is 0.325 e. The second-order valence-electron chi connectivity index (χ2n) is 5.17. The molecule has 3 aromatic rings. The van der Waals surface area contributed by atoms with Gasteiger partial charge in [-0.2, -0.15) is 0 Å². The smallest absolute Gasteiger partial charge is 0.325 e. The summed E-state index contributed by atoms with van der Waals surface area (Å²) in [7, 11) is 0. The third-order valence-corrected chi connectivity index (χ3v) is 3.91. The number of esters is 1. The molecule has 1 aromatic carbocycles. The van der Waals surface area contributed by atoms with Gasteiger partial charge in [-0.1, -0.05) is 29.3 Å². The zero-order valence-corrected chi connectivity index (χ0v) is 14.4. The van der Waals surface area contributed by atoms with Crippen molar-refractivity contribution in [2.24, 2.45) is 0 Å². The van der Waals surface area contributed by atoms with Crippen molar-refractivity contribution >= 4 is 40.7 Å². The second kappa shape index (κ2) is 7.55. The minimum atomic E-state index is -0.574. The van der Waals surface area contributed by atoms with Gasteiger partial charge in [0.25, 0.3) is 5.91 Å². The Morgan fingerprint density at radius 3 is 2.80 bits per heavy atom. The van der Waals surface area contributed by atoms with Crippen molar-refractivity contribution in [3.8, 4) is 0 Å². The molecule has 0 bridgehead atoms. The second-order valence-corrected chi connectivity index (χ2v) is 6.01. The van der Waals surface area contributed by atoms with Gasteiger partial charge in [0.05, 0.1) is 16.3 Å². The summed E-state index contributed by atoms with van der Waals surface area (Å²) < 4.78 is 6.94. The number of fused-ring (bicyclic) bond motifs is 1. The fraction of sp³-hybridized carbons (Fsp3) is 0.118. The quantitative estimate of drug-likeness (QED) is 0.693. The molecule has 0 aliphatic carbocycles. The van der Waals surface area contributed by atoms with Gasteiger partial charge in [-0.05, 0) is 30.3 Å². The van der Waals surface area contributed by atoms with Crippen LogP contribution in [-0.4, -0.2) is 27.8 Å². The molecule has 8 heteroatoms. The molecule has 1 amide bonds. The van der Waals surface area contributed by atoms with E-state index in [-0.39, 0.29) is 23.7 Å². The van der Waals surface area contributed by atoms with Crippen LogP contribution in [0.25, 0.3) is 5.65 Å². The maximum atomic E-state index is 12.0. The fourth-order valence-electron chi connectivity index (χ4n) is 2.18. The molecule has 1 N–H and O–H groups in total. The third kappa shape index (κ3) is 4.29. The van der Waals surface area contributed by atoms with Crippen LogP contribution in [0.1, 0.15) is 16.1 Å². The molecular weight excluding hydrogens is 365 g/mol. The van der Waals surface area contributed by atoms with E-state index < -0.39 is 11.9 Å². The Morgan fingerprint density at radius 1 is 1.20 bits per heavy atom. The molecule has 0 fully saturated rings. The van der Waals surface area contributed by atoms with E-state index in [1.165, 1.54) is 12.1 Å². The van der Waals surface area contributed by atoms with Crippen molar-refractivity contribution in [1.82, 2.24) is 14.7 Å². The summed E-state index contributed by atoms with van der Waals surface area (Å²) in [5, 5.41) is 3.09. The van der Waals surface area contributed by atoms with Gasteiger partial charge in [0.2, 0.25) is 0 Å².